The Morgan fingerprint density at radius 1 is 1.33 bits per heavy atom. The van der Waals surface area contributed by atoms with E-state index < -0.39 is 0 Å². The highest BCUT2D eigenvalue weighted by atomic mass is 79.9. The molecule has 2 N–H and O–H groups in total. The Balaban J connectivity index is 2.84. The highest BCUT2D eigenvalue weighted by Gasteiger charge is 2.07. The minimum absolute atomic E-state index is 0.697. The van der Waals surface area contributed by atoms with Crippen LogP contribution in [0.5, 0.6) is 5.75 Å². The van der Waals surface area contributed by atoms with E-state index in [-0.39, 0.29) is 0 Å². The molecular weight excluding hydrogens is 256 g/mol. The van der Waals surface area contributed by atoms with Gasteiger partial charge in [-0.3, -0.25) is 0 Å². The first-order valence-electron chi connectivity index (χ1n) is 4.52. The standard InChI is InChI=1S/C11H11BrN2O/c1-6-9(13)4-7-3-8(12)5-10(15-2)11(7)14-6/h3-5H,13H2,1-2H3. The zero-order valence-electron chi connectivity index (χ0n) is 8.54. The van der Waals surface area contributed by atoms with Crippen LogP contribution in [0.3, 0.4) is 0 Å². The second-order valence-corrected chi connectivity index (χ2v) is 4.26. The minimum Gasteiger partial charge on any atom is -0.494 e. The predicted octanol–water partition coefficient (Wildman–Crippen LogP) is 2.90. The zero-order chi connectivity index (χ0) is 11.0. The van der Waals surface area contributed by atoms with Crippen molar-refractivity contribution in [2.24, 2.45) is 0 Å². The number of ether oxygens (including phenoxy) is 1. The zero-order valence-corrected chi connectivity index (χ0v) is 10.1. The van der Waals surface area contributed by atoms with Gasteiger partial charge in [0, 0.05) is 9.86 Å². The average molecular weight is 267 g/mol. The molecule has 0 bridgehead atoms. The molecule has 1 aromatic carbocycles. The maximum Gasteiger partial charge on any atom is 0.146 e. The van der Waals surface area contributed by atoms with E-state index in [2.05, 4.69) is 20.9 Å². The summed E-state index contributed by atoms with van der Waals surface area (Å²) in [6.45, 7) is 1.89. The number of pyridine rings is 1. The van der Waals surface area contributed by atoms with E-state index in [1.165, 1.54) is 0 Å². The number of methoxy groups -OCH3 is 1. The van der Waals surface area contributed by atoms with Gasteiger partial charge < -0.3 is 10.5 Å². The van der Waals surface area contributed by atoms with Crippen molar-refractivity contribution in [1.29, 1.82) is 0 Å². The number of nitrogens with two attached hydrogens (primary N) is 1. The summed E-state index contributed by atoms with van der Waals surface area (Å²) in [5.74, 6) is 0.752. The maximum absolute atomic E-state index is 5.81. The van der Waals surface area contributed by atoms with E-state index in [1.807, 2.05) is 25.1 Å². The van der Waals surface area contributed by atoms with E-state index in [1.54, 1.807) is 7.11 Å². The lowest BCUT2D eigenvalue weighted by Crippen LogP contribution is -1.95. The minimum atomic E-state index is 0.697. The number of hydrogen-bond donors (Lipinski definition) is 1. The SMILES string of the molecule is COc1cc(Br)cc2cc(N)c(C)nc12. The summed E-state index contributed by atoms with van der Waals surface area (Å²) in [4.78, 5) is 4.42. The number of aromatic nitrogens is 1. The molecule has 0 fully saturated rings. The molecule has 4 heteroatoms. The maximum atomic E-state index is 5.81. The normalized spacial score (nSPS) is 10.6. The topological polar surface area (TPSA) is 48.1 Å². The van der Waals surface area contributed by atoms with Crippen LogP contribution >= 0.6 is 15.9 Å². The smallest absolute Gasteiger partial charge is 0.146 e. The Hall–Kier alpha value is -1.29. The van der Waals surface area contributed by atoms with Crippen molar-refractivity contribution in [2.45, 2.75) is 6.92 Å². The van der Waals surface area contributed by atoms with Crippen molar-refractivity contribution in [1.82, 2.24) is 4.98 Å². The summed E-state index contributed by atoms with van der Waals surface area (Å²) >= 11 is 3.42. The number of anilines is 1. The second kappa shape index (κ2) is 3.70. The van der Waals surface area contributed by atoms with Gasteiger partial charge in [0.05, 0.1) is 18.5 Å². The van der Waals surface area contributed by atoms with E-state index in [4.69, 9.17) is 10.5 Å². The number of benzene rings is 1. The molecule has 0 saturated heterocycles. The number of hydrogen-bond acceptors (Lipinski definition) is 3. The molecule has 0 aliphatic heterocycles. The van der Waals surface area contributed by atoms with Crippen molar-refractivity contribution in [3.63, 3.8) is 0 Å². The number of aryl methyl sites for hydroxylation is 1. The van der Waals surface area contributed by atoms with Crippen LogP contribution < -0.4 is 10.5 Å². The molecule has 0 spiro atoms. The second-order valence-electron chi connectivity index (χ2n) is 3.34. The lowest BCUT2D eigenvalue weighted by Gasteiger charge is -2.08. The number of rotatable bonds is 1. The summed E-state index contributed by atoms with van der Waals surface area (Å²) in [6.07, 6.45) is 0. The van der Waals surface area contributed by atoms with Gasteiger partial charge in [0.2, 0.25) is 0 Å². The summed E-state index contributed by atoms with van der Waals surface area (Å²) in [6, 6.07) is 5.77. The van der Waals surface area contributed by atoms with Gasteiger partial charge in [-0.25, -0.2) is 4.98 Å². The fraction of sp³-hybridized carbons (Fsp3) is 0.182. The van der Waals surface area contributed by atoms with Gasteiger partial charge in [0.25, 0.3) is 0 Å². The third-order valence-electron chi connectivity index (χ3n) is 2.30. The molecule has 0 aliphatic rings. The Kier molecular flexibility index (Phi) is 2.52. The van der Waals surface area contributed by atoms with E-state index in [9.17, 15) is 0 Å². The van der Waals surface area contributed by atoms with Crippen LogP contribution in [-0.4, -0.2) is 12.1 Å². The molecule has 3 nitrogen and oxygen atoms in total. The monoisotopic (exact) mass is 266 g/mol. The molecule has 1 aromatic heterocycles. The van der Waals surface area contributed by atoms with Crippen LogP contribution in [0.15, 0.2) is 22.7 Å². The number of nitrogens with zero attached hydrogens (tertiary/aromatic N) is 1. The molecule has 1 heterocycles. The van der Waals surface area contributed by atoms with Crippen molar-refractivity contribution in [3.8, 4) is 5.75 Å². The Bertz CT molecular complexity index is 525. The summed E-state index contributed by atoms with van der Waals surface area (Å²) in [5, 5.41) is 0.976. The van der Waals surface area contributed by atoms with Gasteiger partial charge in [-0.15, -0.1) is 0 Å². The van der Waals surface area contributed by atoms with E-state index in [0.717, 1.165) is 26.8 Å². The van der Waals surface area contributed by atoms with Crippen LogP contribution in [0.4, 0.5) is 5.69 Å². The highest BCUT2D eigenvalue weighted by Crippen LogP contribution is 2.30. The molecule has 78 valence electrons. The summed E-state index contributed by atoms with van der Waals surface area (Å²) < 4.78 is 6.23. The van der Waals surface area contributed by atoms with Crippen LogP contribution in [0.2, 0.25) is 0 Å². The molecule has 0 radical (unpaired) electrons. The molecule has 2 rings (SSSR count). The van der Waals surface area contributed by atoms with Gasteiger partial charge in [-0.1, -0.05) is 15.9 Å². The van der Waals surface area contributed by atoms with Crippen molar-refractivity contribution in [3.05, 3.63) is 28.4 Å². The molecule has 0 atom stereocenters. The highest BCUT2D eigenvalue weighted by molar-refractivity contribution is 9.10. The first-order chi connectivity index (χ1) is 7.11. The van der Waals surface area contributed by atoms with E-state index in [0.29, 0.717) is 5.69 Å². The van der Waals surface area contributed by atoms with Crippen LogP contribution in [0.1, 0.15) is 5.69 Å². The quantitative estimate of drug-likeness (QED) is 0.864. The third kappa shape index (κ3) is 1.77. The predicted molar refractivity (Wildman–Crippen MR) is 65.1 cm³/mol. The van der Waals surface area contributed by atoms with Gasteiger partial charge in [-0.05, 0) is 25.1 Å². The number of nitrogen functional groups attached to an aromatic ring is 1. The summed E-state index contributed by atoms with van der Waals surface area (Å²) in [7, 11) is 1.63. The van der Waals surface area contributed by atoms with Crippen LogP contribution in [-0.2, 0) is 0 Å². The molecule has 0 unspecified atom stereocenters. The molecule has 0 amide bonds. The van der Waals surface area contributed by atoms with Crippen LogP contribution in [0.25, 0.3) is 10.9 Å². The van der Waals surface area contributed by atoms with E-state index >= 15 is 0 Å². The van der Waals surface area contributed by atoms with Crippen LogP contribution in [0, 0.1) is 6.92 Å². The first kappa shape index (κ1) is 10.2. The molecule has 0 aliphatic carbocycles. The molecule has 2 aromatic rings. The van der Waals surface area contributed by atoms with Gasteiger partial charge >= 0.3 is 0 Å². The fourth-order valence-corrected chi connectivity index (χ4v) is 1.94. The van der Waals surface area contributed by atoms with Crippen molar-refractivity contribution in [2.75, 3.05) is 12.8 Å². The Morgan fingerprint density at radius 2 is 2.07 bits per heavy atom. The largest absolute Gasteiger partial charge is 0.494 e. The number of halogens is 1. The lowest BCUT2D eigenvalue weighted by atomic mass is 10.1. The lowest BCUT2D eigenvalue weighted by molar-refractivity contribution is 0.418. The third-order valence-corrected chi connectivity index (χ3v) is 2.76. The molecule has 15 heavy (non-hydrogen) atoms. The van der Waals surface area contributed by atoms with Gasteiger partial charge in [0.15, 0.2) is 0 Å². The molecule has 0 saturated carbocycles. The molecular formula is C11H11BrN2O. The number of fused-ring (bicyclic) bond motifs is 1. The van der Waals surface area contributed by atoms with Gasteiger partial charge in [-0.2, -0.15) is 0 Å². The van der Waals surface area contributed by atoms with Crippen molar-refractivity contribution < 1.29 is 4.74 Å². The fourth-order valence-electron chi connectivity index (χ4n) is 1.48. The first-order valence-corrected chi connectivity index (χ1v) is 5.31. The summed E-state index contributed by atoms with van der Waals surface area (Å²) in [5.41, 5.74) is 8.17. The Labute approximate surface area is 96.4 Å². The van der Waals surface area contributed by atoms with Gasteiger partial charge in [0.1, 0.15) is 11.3 Å². The van der Waals surface area contributed by atoms with Crippen molar-refractivity contribution >= 4 is 32.5 Å². The Morgan fingerprint density at radius 3 is 2.73 bits per heavy atom. The average Bonchev–Trinajstić information content (AvgIpc) is 2.19.